The number of fused-ring (bicyclic) bond motifs is 2. The molecule has 3 heterocycles. The molecular weight excluding hydrogens is 436 g/mol. The second-order valence-corrected chi connectivity index (χ2v) is 8.24. The number of aromatic nitrogens is 2. The third kappa shape index (κ3) is 8.28. The molecular formula is C27H39F2N3O2. The van der Waals surface area contributed by atoms with E-state index in [-0.39, 0.29) is 12.5 Å². The molecule has 7 heteroatoms. The number of rotatable bonds is 7. The predicted octanol–water partition coefficient (Wildman–Crippen LogP) is 6.81. The van der Waals surface area contributed by atoms with Crippen molar-refractivity contribution in [1.29, 1.82) is 0 Å². The lowest BCUT2D eigenvalue weighted by molar-refractivity contribution is 0.0181. The van der Waals surface area contributed by atoms with E-state index < -0.39 is 5.92 Å². The number of aryl methyl sites for hydroxylation is 1. The number of hydrogen-bond acceptors (Lipinski definition) is 4. The van der Waals surface area contributed by atoms with Crippen molar-refractivity contribution < 1.29 is 18.3 Å². The van der Waals surface area contributed by atoms with Crippen molar-refractivity contribution >= 4 is 5.52 Å². The Kier molecular flexibility index (Phi) is 10.8. The molecule has 0 amide bonds. The van der Waals surface area contributed by atoms with Gasteiger partial charge in [0.25, 0.3) is 0 Å². The van der Waals surface area contributed by atoms with Gasteiger partial charge in [-0.2, -0.15) is 0 Å². The van der Waals surface area contributed by atoms with Gasteiger partial charge < -0.3 is 18.8 Å². The Balaban J connectivity index is 0.000000447. The molecule has 2 aromatic heterocycles. The van der Waals surface area contributed by atoms with Gasteiger partial charge in [-0.1, -0.05) is 27.7 Å². The largest absolute Gasteiger partial charge is 0.492 e. The molecule has 0 bridgehead atoms. The predicted molar refractivity (Wildman–Crippen MR) is 134 cm³/mol. The van der Waals surface area contributed by atoms with Gasteiger partial charge in [-0.05, 0) is 75.3 Å². The fourth-order valence-corrected chi connectivity index (χ4v) is 3.27. The first-order valence-corrected chi connectivity index (χ1v) is 12.2. The minimum absolute atomic E-state index is 0.00683. The van der Waals surface area contributed by atoms with Crippen LogP contribution >= 0.6 is 0 Å². The second kappa shape index (κ2) is 13.3. The van der Waals surface area contributed by atoms with Crippen LogP contribution in [0.4, 0.5) is 8.78 Å². The van der Waals surface area contributed by atoms with E-state index in [1.54, 1.807) is 0 Å². The molecule has 0 N–H and O–H groups in total. The van der Waals surface area contributed by atoms with Crippen LogP contribution in [-0.4, -0.2) is 47.0 Å². The lowest BCUT2D eigenvalue weighted by Crippen LogP contribution is -2.23. The average Bonchev–Trinajstić information content (AvgIpc) is 3.33. The lowest BCUT2D eigenvalue weighted by Gasteiger charge is -2.26. The summed E-state index contributed by atoms with van der Waals surface area (Å²) in [5, 5.41) is 0. The standard InChI is InChI=1S/C21H25N3O2.C4H8F2.C2H6/c1-3-23(2)11-12-25-18-7-9-20-16(13-18)6-8-21(26-20)19-14-17-5-4-10-24(17)15-22-19;1-3-4(2,5)6;1-2/h4-5,7,9-10,13-15,21H,3,6,8,11-12H2,1-2H3;3H2,1-2H3;1-2H3. The monoisotopic (exact) mass is 475 g/mol. The molecule has 0 radical (unpaired) electrons. The van der Waals surface area contributed by atoms with Crippen LogP contribution in [0.15, 0.2) is 48.9 Å². The third-order valence-electron chi connectivity index (χ3n) is 5.65. The van der Waals surface area contributed by atoms with Crippen LogP contribution < -0.4 is 9.47 Å². The van der Waals surface area contributed by atoms with Gasteiger partial charge in [-0.15, -0.1) is 0 Å². The first-order chi connectivity index (χ1) is 16.3. The van der Waals surface area contributed by atoms with E-state index in [0.717, 1.165) is 55.6 Å². The Morgan fingerprint density at radius 1 is 1.21 bits per heavy atom. The Bertz CT molecular complexity index is 1000. The van der Waals surface area contributed by atoms with Crippen LogP contribution in [0, 0.1) is 0 Å². The van der Waals surface area contributed by atoms with E-state index in [2.05, 4.69) is 42.1 Å². The Morgan fingerprint density at radius 2 is 1.94 bits per heavy atom. The molecule has 1 aromatic carbocycles. The van der Waals surface area contributed by atoms with Crippen LogP contribution in [0.2, 0.25) is 0 Å². The number of alkyl halides is 2. The minimum Gasteiger partial charge on any atom is -0.492 e. The van der Waals surface area contributed by atoms with Gasteiger partial charge in [0.05, 0.1) is 12.0 Å². The topological polar surface area (TPSA) is 39.0 Å². The summed E-state index contributed by atoms with van der Waals surface area (Å²) in [6, 6.07) is 12.4. The molecule has 5 nitrogen and oxygen atoms in total. The minimum atomic E-state index is -2.46. The highest BCUT2D eigenvalue weighted by atomic mass is 19.3. The Morgan fingerprint density at radius 3 is 2.62 bits per heavy atom. The zero-order valence-corrected chi connectivity index (χ0v) is 21.4. The quantitative estimate of drug-likeness (QED) is 0.376. The molecule has 188 valence electrons. The first-order valence-electron chi connectivity index (χ1n) is 12.2. The first kappa shape index (κ1) is 27.6. The van der Waals surface area contributed by atoms with Crippen molar-refractivity contribution in [3.63, 3.8) is 0 Å². The van der Waals surface area contributed by atoms with Crippen LogP contribution in [0.5, 0.6) is 11.5 Å². The molecule has 1 unspecified atom stereocenters. The SMILES string of the molecule is CC.CCC(C)(F)F.CCN(C)CCOc1ccc2c(c1)CCC(c1cc3cccn3cn1)O2. The van der Waals surface area contributed by atoms with Gasteiger partial charge in [-0.25, -0.2) is 13.8 Å². The average molecular weight is 476 g/mol. The summed E-state index contributed by atoms with van der Waals surface area (Å²) in [5.41, 5.74) is 3.35. The summed E-state index contributed by atoms with van der Waals surface area (Å²) in [7, 11) is 2.10. The van der Waals surface area contributed by atoms with Crippen molar-refractivity contribution in [1.82, 2.24) is 14.3 Å². The van der Waals surface area contributed by atoms with Crippen molar-refractivity contribution in [2.24, 2.45) is 0 Å². The summed E-state index contributed by atoms with van der Waals surface area (Å²) >= 11 is 0. The maximum Gasteiger partial charge on any atom is 0.245 e. The lowest BCUT2D eigenvalue weighted by atomic mass is 10.00. The van der Waals surface area contributed by atoms with E-state index >= 15 is 0 Å². The maximum absolute atomic E-state index is 11.5. The fourth-order valence-electron chi connectivity index (χ4n) is 3.27. The van der Waals surface area contributed by atoms with E-state index in [0.29, 0.717) is 6.61 Å². The van der Waals surface area contributed by atoms with Crippen LogP contribution in [0.25, 0.3) is 5.52 Å². The maximum atomic E-state index is 11.5. The van der Waals surface area contributed by atoms with Gasteiger partial charge in [0.1, 0.15) is 24.2 Å². The number of nitrogens with zero attached hydrogens (tertiary/aromatic N) is 3. The summed E-state index contributed by atoms with van der Waals surface area (Å²) in [4.78, 5) is 6.80. The van der Waals surface area contributed by atoms with Crippen LogP contribution in [0.1, 0.15) is 64.8 Å². The zero-order valence-electron chi connectivity index (χ0n) is 21.4. The molecule has 0 saturated heterocycles. The third-order valence-corrected chi connectivity index (χ3v) is 5.65. The molecule has 1 aliphatic heterocycles. The van der Waals surface area contributed by atoms with Crippen molar-refractivity contribution in [3.05, 3.63) is 60.2 Å². The molecule has 0 saturated carbocycles. The van der Waals surface area contributed by atoms with Gasteiger partial charge in [-0.3, -0.25) is 0 Å². The van der Waals surface area contributed by atoms with E-state index in [9.17, 15) is 8.78 Å². The van der Waals surface area contributed by atoms with Crippen molar-refractivity contribution in [2.45, 2.75) is 65.9 Å². The fraction of sp³-hybridized carbons (Fsp3) is 0.519. The molecule has 0 aliphatic carbocycles. The molecule has 34 heavy (non-hydrogen) atoms. The Hall–Kier alpha value is -2.67. The second-order valence-electron chi connectivity index (χ2n) is 8.24. The number of likely N-dealkylation sites (N-methyl/N-ethyl adjacent to an activating group) is 1. The molecule has 1 aliphatic rings. The van der Waals surface area contributed by atoms with Gasteiger partial charge in [0, 0.05) is 24.7 Å². The smallest absolute Gasteiger partial charge is 0.245 e. The van der Waals surface area contributed by atoms with Gasteiger partial charge >= 0.3 is 0 Å². The molecule has 1 atom stereocenters. The molecule has 3 aromatic rings. The highest BCUT2D eigenvalue weighted by molar-refractivity contribution is 5.48. The number of ether oxygens (including phenoxy) is 2. The van der Waals surface area contributed by atoms with E-state index in [1.165, 1.54) is 12.5 Å². The number of hydrogen-bond donors (Lipinski definition) is 0. The van der Waals surface area contributed by atoms with E-state index in [1.807, 2.05) is 49.0 Å². The molecule has 0 fully saturated rings. The highest BCUT2D eigenvalue weighted by Crippen LogP contribution is 2.36. The number of halogens is 2. The highest BCUT2D eigenvalue weighted by Gasteiger charge is 2.23. The van der Waals surface area contributed by atoms with Crippen LogP contribution in [-0.2, 0) is 6.42 Å². The summed E-state index contributed by atoms with van der Waals surface area (Å²) in [5.74, 6) is -0.598. The van der Waals surface area contributed by atoms with Crippen molar-refractivity contribution in [2.75, 3.05) is 26.7 Å². The Labute approximate surface area is 202 Å². The zero-order chi connectivity index (χ0) is 25.1. The van der Waals surface area contributed by atoms with E-state index in [4.69, 9.17) is 9.47 Å². The van der Waals surface area contributed by atoms with Gasteiger partial charge in [0.15, 0.2) is 0 Å². The summed E-state index contributed by atoms with van der Waals surface area (Å²) < 4.78 is 37.0. The van der Waals surface area contributed by atoms with Gasteiger partial charge in [0.2, 0.25) is 5.92 Å². The molecule has 0 spiro atoms. The molecule has 4 rings (SSSR count). The normalized spacial score (nSPS) is 14.9. The summed E-state index contributed by atoms with van der Waals surface area (Å²) in [6.45, 7) is 11.2. The van der Waals surface area contributed by atoms with Crippen molar-refractivity contribution in [3.8, 4) is 11.5 Å². The summed E-state index contributed by atoms with van der Waals surface area (Å²) in [6.07, 6.45) is 5.70. The van der Waals surface area contributed by atoms with Crippen LogP contribution in [0.3, 0.4) is 0 Å². The number of benzene rings is 1.